The van der Waals surface area contributed by atoms with Gasteiger partial charge in [0.05, 0.1) is 11.1 Å². The highest BCUT2D eigenvalue weighted by molar-refractivity contribution is 5.97. The van der Waals surface area contributed by atoms with Gasteiger partial charge in [-0.15, -0.1) is 0 Å². The molecule has 0 atom stereocenters. The molecule has 5 nitrogen and oxygen atoms in total. The highest BCUT2D eigenvalue weighted by atomic mass is 19.2. The molecule has 0 spiro atoms. The third kappa shape index (κ3) is 2.02. The molecule has 0 unspecified atom stereocenters. The van der Waals surface area contributed by atoms with E-state index in [0.717, 1.165) is 17.0 Å². The molecule has 0 saturated carbocycles. The largest absolute Gasteiger partial charge is 0.477 e. The van der Waals surface area contributed by atoms with Crippen molar-refractivity contribution >= 4 is 27.6 Å². The number of aromatic carboxylic acids is 1. The predicted molar refractivity (Wildman–Crippen MR) is 94.0 cm³/mol. The number of benzene rings is 3. The summed E-state index contributed by atoms with van der Waals surface area (Å²) in [6.07, 6.45) is 1.12. The summed E-state index contributed by atoms with van der Waals surface area (Å²) in [5.41, 5.74) is -1.02. The maximum atomic E-state index is 14.4. The first-order valence-electron chi connectivity index (χ1n) is 7.97. The van der Waals surface area contributed by atoms with Gasteiger partial charge in [-0.1, -0.05) is 24.3 Å². The summed E-state index contributed by atoms with van der Waals surface area (Å²) in [5.74, 6) is -4.19. The lowest BCUT2D eigenvalue weighted by Crippen LogP contribution is -2.21. The average molecular weight is 365 g/mol. The number of hydrogen-bond donors (Lipinski definition) is 1. The van der Waals surface area contributed by atoms with Crippen LogP contribution in [0, 0.1) is 11.6 Å². The minimum absolute atomic E-state index is 0.00770. The van der Waals surface area contributed by atoms with Gasteiger partial charge in [0.2, 0.25) is 11.2 Å². The van der Waals surface area contributed by atoms with E-state index in [1.807, 2.05) is 24.3 Å². The molecule has 7 heteroatoms. The van der Waals surface area contributed by atoms with Crippen LogP contribution in [0.15, 0.2) is 53.5 Å². The summed E-state index contributed by atoms with van der Waals surface area (Å²) in [6.45, 7) is 0. The van der Waals surface area contributed by atoms with Crippen LogP contribution in [-0.2, 0) is 0 Å². The van der Waals surface area contributed by atoms with Gasteiger partial charge in [0.25, 0.3) is 0 Å². The van der Waals surface area contributed by atoms with Crippen molar-refractivity contribution in [2.45, 2.75) is 0 Å². The standard InChI is InChI=1S/C20H9F2NO4/c21-13-7-11-17-19(16(13)22)27-15-6-10-4-2-1-3-9(10)5-14(15)23(17)8-12(18(11)24)20(25)26/h1-8H,(H,25,26). The van der Waals surface area contributed by atoms with Crippen molar-refractivity contribution < 1.29 is 23.4 Å². The van der Waals surface area contributed by atoms with Gasteiger partial charge in [0.1, 0.15) is 11.1 Å². The molecule has 0 radical (unpaired) electrons. The van der Waals surface area contributed by atoms with Crippen molar-refractivity contribution in [2.75, 3.05) is 0 Å². The van der Waals surface area contributed by atoms with E-state index in [2.05, 4.69) is 0 Å². The fraction of sp³-hybridized carbons (Fsp3) is 0. The Balaban J connectivity index is 2.01. The zero-order chi connectivity index (χ0) is 18.9. The normalized spacial score (nSPS) is 12.1. The van der Waals surface area contributed by atoms with E-state index in [1.54, 1.807) is 12.1 Å². The third-order valence-electron chi connectivity index (χ3n) is 4.67. The van der Waals surface area contributed by atoms with Gasteiger partial charge in [-0.3, -0.25) is 4.79 Å². The maximum Gasteiger partial charge on any atom is 0.341 e. The Kier molecular flexibility index (Phi) is 2.95. The average Bonchev–Trinajstić information content (AvgIpc) is 2.65. The molecule has 0 bridgehead atoms. The molecule has 0 amide bonds. The van der Waals surface area contributed by atoms with Crippen LogP contribution < -0.4 is 10.2 Å². The van der Waals surface area contributed by atoms with Gasteiger partial charge in [-0.05, 0) is 29.0 Å². The van der Waals surface area contributed by atoms with Crippen LogP contribution in [-0.4, -0.2) is 15.6 Å². The number of nitrogens with zero attached hydrogens (tertiary/aromatic N) is 1. The second kappa shape index (κ2) is 5.14. The Morgan fingerprint density at radius 3 is 2.48 bits per heavy atom. The monoisotopic (exact) mass is 365 g/mol. The molecule has 1 aliphatic heterocycles. The van der Waals surface area contributed by atoms with Gasteiger partial charge in [0, 0.05) is 6.20 Å². The van der Waals surface area contributed by atoms with Gasteiger partial charge in [-0.2, -0.15) is 4.39 Å². The topological polar surface area (TPSA) is 68.5 Å². The maximum absolute atomic E-state index is 14.4. The zero-order valence-corrected chi connectivity index (χ0v) is 13.5. The number of aromatic nitrogens is 1. The number of carbonyl (C=O) groups is 1. The van der Waals surface area contributed by atoms with E-state index in [0.29, 0.717) is 11.8 Å². The highest BCUT2D eigenvalue weighted by Gasteiger charge is 2.28. The first-order chi connectivity index (χ1) is 13.0. The number of rotatable bonds is 1. The number of pyridine rings is 1. The molecule has 2 heterocycles. The summed E-state index contributed by atoms with van der Waals surface area (Å²) >= 11 is 0. The Hall–Kier alpha value is -3.74. The molecular weight excluding hydrogens is 356 g/mol. The van der Waals surface area contributed by atoms with Gasteiger partial charge < -0.3 is 14.4 Å². The van der Waals surface area contributed by atoms with E-state index < -0.39 is 34.3 Å². The van der Waals surface area contributed by atoms with Crippen molar-refractivity contribution in [3.05, 3.63) is 76.1 Å². The van der Waals surface area contributed by atoms with Gasteiger partial charge in [-0.25, -0.2) is 9.18 Å². The van der Waals surface area contributed by atoms with Crippen LogP contribution in [0.5, 0.6) is 11.5 Å². The van der Waals surface area contributed by atoms with E-state index in [1.165, 1.54) is 4.57 Å². The minimum atomic E-state index is -1.45. The Morgan fingerprint density at radius 2 is 1.78 bits per heavy atom. The molecule has 5 rings (SSSR count). The highest BCUT2D eigenvalue weighted by Crippen LogP contribution is 2.43. The van der Waals surface area contributed by atoms with Crippen molar-refractivity contribution in [1.29, 1.82) is 0 Å². The van der Waals surface area contributed by atoms with Crippen LogP contribution in [0.1, 0.15) is 10.4 Å². The zero-order valence-electron chi connectivity index (χ0n) is 13.5. The number of ether oxygens (including phenoxy) is 1. The number of fused-ring (bicyclic) bond motifs is 3. The lowest BCUT2D eigenvalue weighted by atomic mass is 10.0. The van der Waals surface area contributed by atoms with Crippen molar-refractivity contribution in [3.8, 4) is 17.2 Å². The predicted octanol–water partition coefficient (Wildman–Crippen LogP) is 4.23. The molecule has 1 N–H and O–H groups in total. The molecular formula is C20H9F2NO4. The van der Waals surface area contributed by atoms with Gasteiger partial charge in [0.15, 0.2) is 17.3 Å². The van der Waals surface area contributed by atoms with Crippen molar-refractivity contribution in [1.82, 2.24) is 4.57 Å². The summed E-state index contributed by atoms with van der Waals surface area (Å²) in [5, 5.41) is 10.8. The second-order valence-electron chi connectivity index (χ2n) is 6.21. The lowest BCUT2D eigenvalue weighted by Gasteiger charge is -2.24. The first-order valence-corrected chi connectivity index (χ1v) is 7.97. The van der Waals surface area contributed by atoms with E-state index >= 15 is 0 Å². The molecule has 27 heavy (non-hydrogen) atoms. The van der Waals surface area contributed by atoms with Crippen LogP contribution in [0.4, 0.5) is 8.78 Å². The number of hydrogen-bond acceptors (Lipinski definition) is 3. The van der Waals surface area contributed by atoms with Crippen molar-refractivity contribution in [2.24, 2.45) is 0 Å². The Bertz CT molecular complexity index is 1370. The smallest absolute Gasteiger partial charge is 0.341 e. The molecule has 1 aromatic heterocycles. The molecule has 1 aliphatic rings. The van der Waals surface area contributed by atoms with Crippen LogP contribution in [0.2, 0.25) is 0 Å². The number of halogens is 2. The lowest BCUT2D eigenvalue weighted by molar-refractivity contribution is 0.0695. The van der Waals surface area contributed by atoms with Crippen LogP contribution in [0.25, 0.3) is 27.4 Å². The number of carboxylic acids is 1. The third-order valence-corrected chi connectivity index (χ3v) is 4.67. The fourth-order valence-electron chi connectivity index (χ4n) is 3.43. The fourth-order valence-corrected chi connectivity index (χ4v) is 3.43. The molecule has 0 saturated heterocycles. The SMILES string of the molecule is O=C(O)c1cn2c3c(c(F)c(F)cc3c1=O)Oc1cc3ccccc3cc1-2. The first kappa shape index (κ1) is 15.5. The minimum Gasteiger partial charge on any atom is -0.477 e. The molecule has 0 aliphatic carbocycles. The van der Waals surface area contributed by atoms with E-state index in [-0.39, 0.29) is 16.7 Å². The molecule has 0 fully saturated rings. The van der Waals surface area contributed by atoms with Crippen LogP contribution in [0.3, 0.4) is 0 Å². The molecule has 132 valence electrons. The van der Waals surface area contributed by atoms with Crippen molar-refractivity contribution in [3.63, 3.8) is 0 Å². The quantitative estimate of drug-likeness (QED) is 0.483. The Morgan fingerprint density at radius 1 is 1.07 bits per heavy atom. The summed E-state index contributed by atoms with van der Waals surface area (Å²) < 4.78 is 35.4. The number of carboxylic acid groups (broad SMARTS) is 1. The van der Waals surface area contributed by atoms with Gasteiger partial charge >= 0.3 is 5.97 Å². The van der Waals surface area contributed by atoms with E-state index in [9.17, 15) is 23.5 Å². The van der Waals surface area contributed by atoms with Crippen LogP contribution >= 0.6 is 0 Å². The second-order valence-corrected chi connectivity index (χ2v) is 6.21. The summed E-state index contributed by atoms with van der Waals surface area (Å²) in [7, 11) is 0. The Labute approximate surface area is 149 Å². The summed E-state index contributed by atoms with van der Waals surface area (Å²) in [4.78, 5) is 24.0. The summed E-state index contributed by atoms with van der Waals surface area (Å²) in [6, 6.07) is 11.5. The molecule has 4 aromatic rings. The molecule has 3 aromatic carbocycles. The van der Waals surface area contributed by atoms with E-state index in [4.69, 9.17) is 4.74 Å².